The topological polar surface area (TPSA) is 6.48 Å². The summed E-state index contributed by atoms with van der Waals surface area (Å²) in [4.78, 5) is 5.37. The van der Waals surface area contributed by atoms with Gasteiger partial charge >= 0.3 is 0 Å². The molecule has 88 valence electrons. The molecule has 0 unspecified atom stereocenters. The van der Waals surface area contributed by atoms with E-state index >= 15 is 0 Å². The number of rotatable bonds is 2. The van der Waals surface area contributed by atoms with Gasteiger partial charge in [0, 0.05) is 30.7 Å². The van der Waals surface area contributed by atoms with Crippen LogP contribution in [0.3, 0.4) is 0 Å². The third-order valence-corrected chi connectivity index (χ3v) is 4.25. The van der Waals surface area contributed by atoms with Gasteiger partial charge in [0.15, 0.2) is 0 Å². The lowest BCUT2D eigenvalue weighted by molar-refractivity contribution is -0.103. The number of likely N-dealkylation sites (tertiary alicyclic amines) is 2. The maximum Gasteiger partial charge on any atom is 0.0466 e. The van der Waals surface area contributed by atoms with Crippen molar-refractivity contribution in [2.75, 3.05) is 19.6 Å². The molecule has 0 aromatic carbocycles. The van der Waals surface area contributed by atoms with Gasteiger partial charge < -0.3 is 0 Å². The van der Waals surface area contributed by atoms with Crippen LogP contribution in [0.25, 0.3) is 0 Å². The van der Waals surface area contributed by atoms with Gasteiger partial charge in [0.25, 0.3) is 0 Å². The highest BCUT2D eigenvalue weighted by atomic mass is 15.4. The first kappa shape index (κ1) is 11.4. The van der Waals surface area contributed by atoms with E-state index in [2.05, 4.69) is 37.5 Å². The molecule has 15 heavy (non-hydrogen) atoms. The summed E-state index contributed by atoms with van der Waals surface area (Å²) in [6.07, 6.45) is 4.27. The van der Waals surface area contributed by atoms with E-state index in [1.54, 1.807) is 0 Å². The predicted molar refractivity (Wildman–Crippen MR) is 65.1 cm³/mol. The van der Waals surface area contributed by atoms with Crippen molar-refractivity contribution in [3.63, 3.8) is 0 Å². The van der Waals surface area contributed by atoms with Crippen LogP contribution in [-0.4, -0.2) is 47.1 Å². The summed E-state index contributed by atoms with van der Waals surface area (Å²) < 4.78 is 0. The van der Waals surface area contributed by atoms with E-state index < -0.39 is 0 Å². The Hall–Kier alpha value is -0.0800. The molecule has 0 atom stereocenters. The summed E-state index contributed by atoms with van der Waals surface area (Å²) >= 11 is 0. The highest BCUT2D eigenvalue weighted by Crippen LogP contribution is 2.38. The minimum absolute atomic E-state index is 0.552. The summed E-state index contributed by atoms with van der Waals surface area (Å²) in [7, 11) is 0. The molecule has 0 aromatic rings. The Bertz CT molecular complexity index is 217. The average Bonchev–Trinajstić information content (AvgIpc) is 2.13. The van der Waals surface area contributed by atoms with Crippen LogP contribution in [0.1, 0.15) is 47.0 Å². The lowest BCUT2D eigenvalue weighted by atomic mass is 9.78. The second-order valence-corrected chi connectivity index (χ2v) is 5.97. The van der Waals surface area contributed by atoms with Crippen LogP contribution in [0, 0.1) is 0 Å². The summed E-state index contributed by atoms with van der Waals surface area (Å²) in [6.45, 7) is 13.3. The molecular formula is C13H26N2. The van der Waals surface area contributed by atoms with Crippen LogP contribution in [0.2, 0.25) is 0 Å². The number of nitrogens with zero attached hydrogens (tertiary/aromatic N) is 2. The normalized spacial score (nSPS) is 27.6. The van der Waals surface area contributed by atoms with Crippen molar-refractivity contribution in [1.82, 2.24) is 9.80 Å². The predicted octanol–water partition coefficient (Wildman–Crippen LogP) is 2.34. The van der Waals surface area contributed by atoms with E-state index in [9.17, 15) is 0 Å². The molecule has 2 heteroatoms. The number of piperidine rings is 1. The van der Waals surface area contributed by atoms with Crippen molar-refractivity contribution >= 4 is 0 Å². The third kappa shape index (κ3) is 1.94. The molecule has 1 spiro atoms. The van der Waals surface area contributed by atoms with Crippen molar-refractivity contribution < 1.29 is 0 Å². The van der Waals surface area contributed by atoms with Crippen molar-refractivity contribution in [2.45, 2.75) is 64.6 Å². The monoisotopic (exact) mass is 210 g/mol. The van der Waals surface area contributed by atoms with E-state index in [4.69, 9.17) is 0 Å². The number of hydrogen-bond donors (Lipinski definition) is 0. The lowest BCUT2D eigenvalue weighted by Gasteiger charge is -2.60. The van der Waals surface area contributed by atoms with Crippen LogP contribution >= 0.6 is 0 Å². The van der Waals surface area contributed by atoms with E-state index in [0.29, 0.717) is 5.54 Å². The van der Waals surface area contributed by atoms with Crippen molar-refractivity contribution in [3.8, 4) is 0 Å². The summed E-state index contributed by atoms with van der Waals surface area (Å²) in [5.74, 6) is 0. The third-order valence-electron chi connectivity index (χ3n) is 4.25. The average molecular weight is 210 g/mol. The maximum atomic E-state index is 2.76. The standard InChI is InChI=1S/C13H26N2/c1-11(2)14-9-13(10-14)7-5-6-8-15(13)12(3)4/h11-12H,5-10H2,1-4H3. The summed E-state index contributed by atoms with van der Waals surface area (Å²) in [5.41, 5.74) is 0.552. The van der Waals surface area contributed by atoms with Gasteiger partial charge in [0.05, 0.1) is 0 Å². The van der Waals surface area contributed by atoms with Gasteiger partial charge in [0.2, 0.25) is 0 Å². The van der Waals surface area contributed by atoms with Gasteiger partial charge in [-0.3, -0.25) is 9.80 Å². The SMILES string of the molecule is CC(C)N1CC2(CCCCN2C(C)C)C1. The van der Waals surface area contributed by atoms with Gasteiger partial charge in [-0.1, -0.05) is 6.42 Å². The zero-order valence-corrected chi connectivity index (χ0v) is 10.8. The molecule has 2 saturated heterocycles. The Morgan fingerprint density at radius 2 is 1.60 bits per heavy atom. The zero-order chi connectivity index (χ0) is 11.1. The Labute approximate surface area is 94.6 Å². The highest BCUT2D eigenvalue weighted by molar-refractivity contribution is 5.07. The fraction of sp³-hybridized carbons (Fsp3) is 1.00. The quantitative estimate of drug-likeness (QED) is 0.690. The van der Waals surface area contributed by atoms with E-state index in [-0.39, 0.29) is 0 Å². The molecule has 0 N–H and O–H groups in total. The Balaban J connectivity index is 2.01. The molecule has 0 amide bonds. The first-order valence-electron chi connectivity index (χ1n) is 6.56. The highest BCUT2D eigenvalue weighted by Gasteiger charge is 2.49. The molecule has 2 fully saturated rings. The molecule has 0 saturated carbocycles. The second kappa shape index (κ2) is 4.06. The van der Waals surface area contributed by atoms with Crippen molar-refractivity contribution in [2.24, 2.45) is 0 Å². The second-order valence-electron chi connectivity index (χ2n) is 5.97. The molecule has 0 aromatic heterocycles. The fourth-order valence-electron chi connectivity index (χ4n) is 3.34. The van der Waals surface area contributed by atoms with Crippen LogP contribution in [0.5, 0.6) is 0 Å². The Kier molecular flexibility index (Phi) is 3.09. The van der Waals surface area contributed by atoms with E-state index in [0.717, 1.165) is 12.1 Å². The van der Waals surface area contributed by atoms with E-state index in [1.165, 1.54) is 38.9 Å². The Morgan fingerprint density at radius 1 is 0.933 bits per heavy atom. The lowest BCUT2D eigenvalue weighted by Crippen LogP contribution is -2.73. The van der Waals surface area contributed by atoms with Crippen LogP contribution < -0.4 is 0 Å². The first-order valence-corrected chi connectivity index (χ1v) is 6.56. The van der Waals surface area contributed by atoms with Gasteiger partial charge in [-0.2, -0.15) is 0 Å². The molecule has 0 bridgehead atoms. The van der Waals surface area contributed by atoms with Gasteiger partial charge in [-0.25, -0.2) is 0 Å². The zero-order valence-electron chi connectivity index (χ0n) is 10.8. The van der Waals surface area contributed by atoms with Crippen LogP contribution in [0.15, 0.2) is 0 Å². The van der Waals surface area contributed by atoms with Crippen molar-refractivity contribution in [1.29, 1.82) is 0 Å². The van der Waals surface area contributed by atoms with Crippen LogP contribution in [0.4, 0.5) is 0 Å². The molecule has 2 aliphatic heterocycles. The largest absolute Gasteiger partial charge is 0.297 e. The first-order chi connectivity index (χ1) is 7.05. The van der Waals surface area contributed by atoms with Crippen molar-refractivity contribution in [3.05, 3.63) is 0 Å². The summed E-state index contributed by atoms with van der Waals surface area (Å²) in [6, 6.07) is 1.45. The smallest absolute Gasteiger partial charge is 0.0466 e. The maximum absolute atomic E-state index is 2.76. The fourth-order valence-corrected chi connectivity index (χ4v) is 3.34. The minimum atomic E-state index is 0.552. The minimum Gasteiger partial charge on any atom is -0.297 e. The van der Waals surface area contributed by atoms with E-state index in [1.807, 2.05) is 0 Å². The summed E-state index contributed by atoms with van der Waals surface area (Å²) in [5, 5.41) is 0. The molecule has 0 aliphatic carbocycles. The molecule has 2 aliphatic rings. The molecule has 0 radical (unpaired) electrons. The Morgan fingerprint density at radius 3 is 2.13 bits per heavy atom. The molecule has 2 nitrogen and oxygen atoms in total. The van der Waals surface area contributed by atoms with Crippen LogP contribution in [-0.2, 0) is 0 Å². The molecular weight excluding hydrogens is 184 g/mol. The number of hydrogen-bond acceptors (Lipinski definition) is 2. The van der Waals surface area contributed by atoms with Gasteiger partial charge in [0.1, 0.15) is 0 Å². The molecule has 2 heterocycles. The van der Waals surface area contributed by atoms with Gasteiger partial charge in [-0.05, 0) is 47.1 Å². The van der Waals surface area contributed by atoms with Gasteiger partial charge in [-0.15, -0.1) is 0 Å². The molecule has 2 rings (SSSR count).